The Bertz CT molecular complexity index is 1230. The number of hydrogen-bond donors (Lipinski definition) is 1. The van der Waals surface area contributed by atoms with Crippen molar-refractivity contribution in [1.29, 1.82) is 0 Å². The van der Waals surface area contributed by atoms with Crippen molar-refractivity contribution in [3.8, 4) is 0 Å². The first-order valence-electron chi connectivity index (χ1n) is 10.4. The molecule has 0 aliphatic carbocycles. The van der Waals surface area contributed by atoms with Gasteiger partial charge in [-0.3, -0.25) is 19.1 Å². The predicted molar refractivity (Wildman–Crippen MR) is 121 cm³/mol. The Balaban J connectivity index is 1.43. The van der Waals surface area contributed by atoms with Crippen LogP contribution < -0.4 is 10.2 Å². The summed E-state index contributed by atoms with van der Waals surface area (Å²) < 4.78 is 1.91. The van der Waals surface area contributed by atoms with Gasteiger partial charge in [-0.1, -0.05) is 60.7 Å². The second-order valence-electron chi connectivity index (χ2n) is 7.63. The number of aromatic nitrogens is 2. The third-order valence-corrected chi connectivity index (χ3v) is 5.58. The van der Waals surface area contributed by atoms with Crippen molar-refractivity contribution in [3.63, 3.8) is 0 Å². The zero-order valence-corrected chi connectivity index (χ0v) is 16.9. The molecule has 3 aromatic carbocycles. The molecular weight excluding hydrogens is 388 g/mol. The predicted octanol–water partition coefficient (Wildman–Crippen LogP) is 4.20. The molecule has 31 heavy (non-hydrogen) atoms. The quantitative estimate of drug-likeness (QED) is 0.518. The molecule has 1 N–H and O–H groups in total. The van der Waals surface area contributed by atoms with Crippen LogP contribution in [0.15, 0.2) is 84.9 Å². The van der Waals surface area contributed by atoms with Gasteiger partial charge in [0.05, 0.1) is 17.5 Å². The average molecular weight is 410 g/mol. The number of rotatable bonds is 6. The molecule has 0 radical (unpaired) electrons. The van der Waals surface area contributed by atoms with Crippen LogP contribution in [-0.4, -0.2) is 27.9 Å². The van der Waals surface area contributed by atoms with Crippen LogP contribution in [0.1, 0.15) is 18.0 Å². The number of para-hydroxylation sites is 3. The van der Waals surface area contributed by atoms with Gasteiger partial charge >= 0.3 is 0 Å². The molecule has 1 aromatic heterocycles. The van der Waals surface area contributed by atoms with E-state index in [1.54, 1.807) is 4.90 Å². The summed E-state index contributed by atoms with van der Waals surface area (Å²) in [6, 6.07) is 26.5. The number of benzene rings is 3. The number of carbonyl (C=O) groups excluding carboxylic acids is 2. The van der Waals surface area contributed by atoms with Crippen LogP contribution in [0.25, 0.3) is 11.0 Å². The number of nitrogens with zero attached hydrogens (tertiary/aromatic N) is 3. The number of imidazole rings is 1. The Morgan fingerprint density at radius 1 is 0.903 bits per heavy atom. The normalized spacial score (nSPS) is 15.3. The third-order valence-electron chi connectivity index (χ3n) is 5.58. The number of fused-ring (bicyclic) bond motifs is 3. The van der Waals surface area contributed by atoms with Crippen LogP contribution in [0.4, 0.5) is 11.6 Å². The molecule has 2 amide bonds. The highest BCUT2D eigenvalue weighted by Crippen LogP contribution is 2.36. The van der Waals surface area contributed by atoms with E-state index in [0.717, 1.165) is 28.7 Å². The summed E-state index contributed by atoms with van der Waals surface area (Å²) in [7, 11) is 0. The molecule has 5 rings (SSSR count). The molecular formula is C25H22N4O2. The number of carbonyl (C=O) groups is 2. The molecule has 0 saturated carbocycles. The molecule has 4 aromatic rings. The fourth-order valence-corrected chi connectivity index (χ4v) is 4.10. The highest BCUT2D eigenvalue weighted by atomic mass is 16.2. The van der Waals surface area contributed by atoms with E-state index in [9.17, 15) is 9.59 Å². The van der Waals surface area contributed by atoms with Gasteiger partial charge in [-0.25, -0.2) is 4.98 Å². The molecule has 1 aliphatic rings. The number of nitrogens with one attached hydrogen (secondary N) is 1. The molecule has 0 fully saturated rings. The summed E-state index contributed by atoms with van der Waals surface area (Å²) in [5.74, 6) is 0.324. The molecule has 1 unspecified atom stereocenters. The molecule has 6 nitrogen and oxygen atoms in total. The van der Waals surface area contributed by atoms with Crippen molar-refractivity contribution < 1.29 is 9.59 Å². The lowest BCUT2D eigenvalue weighted by molar-refractivity contribution is -0.124. The smallest absolute Gasteiger partial charge is 0.253 e. The number of hydrogen-bond acceptors (Lipinski definition) is 3. The maximum absolute atomic E-state index is 13.4. The first-order valence-corrected chi connectivity index (χ1v) is 10.4. The minimum absolute atomic E-state index is 0.0585. The van der Waals surface area contributed by atoms with Crippen LogP contribution in [0.2, 0.25) is 0 Å². The largest absolute Gasteiger partial charge is 0.326 e. The highest BCUT2D eigenvalue weighted by molar-refractivity contribution is 6.05. The summed E-state index contributed by atoms with van der Waals surface area (Å²) in [6.45, 7) is 0.517. The molecule has 1 aliphatic heterocycles. The van der Waals surface area contributed by atoms with E-state index in [1.165, 1.54) is 0 Å². The van der Waals surface area contributed by atoms with Gasteiger partial charge in [0.2, 0.25) is 11.9 Å². The van der Waals surface area contributed by atoms with E-state index in [1.807, 2.05) is 89.5 Å². The van der Waals surface area contributed by atoms with Crippen LogP contribution in [0.3, 0.4) is 0 Å². The minimum atomic E-state index is -0.609. The van der Waals surface area contributed by atoms with Crippen molar-refractivity contribution >= 4 is 34.5 Å². The van der Waals surface area contributed by atoms with Crippen molar-refractivity contribution in [2.75, 3.05) is 16.8 Å². The summed E-state index contributed by atoms with van der Waals surface area (Å²) in [5, 5.41) is 2.89. The number of amides is 2. The summed E-state index contributed by atoms with van der Waals surface area (Å²) in [4.78, 5) is 32.5. The maximum atomic E-state index is 13.4. The molecule has 154 valence electrons. The molecule has 0 saturated heterocycles. The monoisotopic (exact) mass is 410 g/mol. The summed E-state index contributed by atoms with van der Waals surface area (Å²) in [5.41, 5.74) is 3.56. The first-order chi connectivity index (χ1) is 15.2. The zero-order valence-electron chi connectivity index (χ0n) is 16.9. The maximum Gasteiger partial charge on any atom is 0.253 e. The van der Waals surface area contributed by atoms with Crippen molar-refractivity contribution in [3.05, 3.63) is 90.5 Å². The Labute approximate surface area is 180 Å². The lowest BCUT2D eigenvalue weighted by Crippen LogP contribution is -2.33. The van der Waals surface area contributed by atoms with Crippen LogP contribution in [0, 0.1) is 0 Å². The Morgan fingerprint density at radius 3 is 2.35 bits per heavy atom. The minimum Gasteiger partial charge on any atom is -0.326 e. The second-order valence-corrected chi connectivity index (χ2v) is 7.63. The van der Waals surface area contributed by atoms with Crippen molar-refractivity contribution in [1.82, 2.24) is 9.55 Å². The molecule has 2 heterocycles. The van der Waals surface area contributed by atoms with Crippen molar-refractivity contribution in [2.45, 2.75) is 18.9 Å². The first kappa shape index (κ1) is 19.1. The lowest BCUT2D eigenvalue weighted by Gasteiger charge is -2.16. The van der Waals surface area contributed by atoms with E-state index < -0.39 is 6.04 Å². The van der Waals surface area contributed by atoms with Crippen molar-refractivity contribution in [2.24, 2.45) is 0 Å². The fourth-order valence-electron chi connectivity index (χ4n) is 4.10. The third kappa shape index (κ3) is 3.68. The Kier molecular flexibility index (Phi) is 4.96. The van der Waals surface area contributed by atoms with E-state index in [4.69, 9.17) is 4.98 Å². The van der Waals surface area contributed by atoms with Gasteiger partial charge in [0.25, 0.3) is 5.91 Å². The van der Waals surface area contributed by atoms with Gasteiger partial charge in [-0.2, -0.15) is 0 Å². The topological polar surface area (TPSA) is 67.2 Å². The molecule has 6 heteroatoms. The van der Waals surface area contributed by atoms with Crippen LogP contribution >= 0.6 is 0 Å². The summed E-state index contributed by atoms with van der Waals surface area (Å²) >= 11 is 0. The van der Waals surface area contributed by atoms with Crippen LogP contribution in [0.5, 0.6) is 0 Å². The number of anilines is 2. The standard InChI is InChI=1S/C25H22N4O2/c30-23(26-19-11-5-2-6-12-19)17-22-24(31)28(16-15-18-9-3-1-4-10-18)25-27-20-13-7-8-14-21(20)29(22)25/h1-14,22H,15-17H2,(H,26,30). The van der Waals surface area contributed by atoms with E-state index in [0.29, 0.717) is 12.5 Å². The van der Waals surface area contributed by atoms with Gasteiger partial charge in [0.15, 0.2) is 0 Å². The van der Waals surface area contributed by atoms with Crippen LogP contribution in [-0.2, 0) is 16.0 Å². The van der Waals surface area contributed by atoms with E-state index >= 15 is 0 Å². The SMILES string of the molecule is O=C(CC1C(=O)N(CCc2ccccc2)c2nc3ccccc3n21)Nc1ccccc1. The van der Waals surface area contributed by atoms with Gasteiger partial charge in [-0.05, 0) is 36.2 Å². The average Bonchev–Trinajstić information content (AvgIpc) is 3.28. The lowest BCUT2D eigenvalue weighted by atomic mass is 10.1. The highest BCUT2D eigenvalue weighted by Gasteiger charge is 2.40. The second kappa shape index (κ2) is 8.07. The zero-order chi connectivity index (χ0) is 21.2. The van der Waals surface area contributed by atoms with Gasteiger partial charge < -0.3 is 5.32 Å². The molecule has 0 bridgehead atoms. The van der Waals surface area contributed by atoms with Gasteiger partial charge in [0.1, 0.15) is 6.04 Å². The van der Waals surface area contributed by atoms with E-state index in [-0.39, 0.29) is 18.2 Å². The van der Waals surface area contributed by atoms with E-state index in [2.05, 4.69) is 5.32 Å². The Morgan fingerprint density at radius 2 is 1.58 bits per heavy atom. The Hall–Kier alpha value is -3.93. The summed E-state index contributed by atoms with van der Waals surface area (Å²) in [6.07, 6.45) is 0.779. The van der Waals surface area contributed by atoms with Gasteiger partial charge in [0, 0.05) is 12.2 Å². The molecule has 0 spiro atoms. The molecule has 1 atom stereocenters. The van der Waals surface area contributed by atoms with Gasteiger partial charge in [-0.15, -0.1) is 0 Å². The fraction of sp³-hybridized carbons (Fsp3) is 0.160.